The molecule has 1 heterocycles. The van der Waals surface area contributed by atoms with Gasteiger partial charge in [-0.1, -0.05) is 12.1 Å². The van der Waals surface area contributed by atoms with Crippen LogP contribution in [0.3, 0.4) is 0 Å². The normalized spacial score (nSPS) is 31.3. The van der Waals surface area contributed by atoms with Crippen molar-refractivity contribution in [3.8, 4) is 17.2 Å². The molecule has 2 unspecified atom stereocenters. The number of phenols is 2. The van der Waals surface area contributed by atoms with Crippen molar-refractivity contribution in [2.45, 2.75) is 75.5 Å². The van der Waals surface area contributed by atoms with E-state index in [4.69, 9.17) is 19.9 Å². The lowest BCUT2D eigenvalue weighted by atomic mass is 9.71. The molecule has 1 aliphatic heterocycles. The van der Waals surface area contributed by atoms with Gasteiger partial charge in [-0.05, 0) is 19.9 Å². The average Bonchev–Trinajstić information content (AvgIpc) is 2.87. The summed E-state index contributed by atoms with van der Waals surface area (Å²) in [7, 11) is 1.35. The van der Waals surface area contributed by atoms with Crippen LogP contribution in [0, 0.1) is 0 Å². The number of hydrogen-bond donors (Lipinski definition) is 6. The maximum atomic E-state index is 13.6. The van der Waals surface area contributed by atoms with E-state index in [1.165, 1.54) is 32.2 Å². The minimum Gasteiger partial charge on any atom is -0.507 e. The van der Waals surface area contributed by atoms with E-state index in [2.05, 4.69) is 0 Å². The van der Waals surface area contributed by atoms with E-state index in [-0.39, 0.29) is 47.3 Å². The van der Waals surface area contributed by atoms with Crippen molar-refractivity contribution in [2.24, 2.45) is 5.73 Å². The fourth-order valence-electron chi connectivity index (χ4n) is 5.74. The highest BCUT2D eigenvalue weighted by Gasteiger charge is 2.49. The third-order valence-corrected chi connectivity index (χ3v) is 7.95. The van der Waals surface area contributed by atoms with Crippen molar-refractivity contribution < 1.29 is 49.3 Å². The number of aliphatic hydroxyl groups excluding tert-OH is 2. The Morgan fingerprint density at radius 3 is 2.45 bits per heavy atom. The number of nitrogens with two attached hydrogens (primary N) is 1. The van der Waals surface area contributed by atoms with E-state index in [1.807, 2.05) is 0 Å². The quantitative estimate of drug-likeness (QED) is 0.263. The van der Waals surface area contributed by atoms with Gasteiger partial charge in [-0.25, -0.2) is 0 Å². The Morgan fingerprint density at radius 2 is 1.82 bits per heavy atom. The largest absolute Gasteiger partial charge is 0.507 e. The van der Waals surface area contributed by atoms with Crippen LogP contribution in [0.4, 0.5) is 0 Å². The summed E-state index contributed by atoms with van der Waals surface area (Å²) in [4.78, 5) is 27.1. The smallest absolute Gasteiger partial charge is 0.202 e. The molecule has 0 saturated carbocycles. The number of carbonyl (C=O) groups excluding carboxylic acids is 2. The summed E-state index contributed by atoms with van der Waals surface area (Å²) in [5, 5.41) is 54.7. The molecule has 11 heteroatoms. The topological polar surface area (TPSA) is 189 Å². The summed E-state index contributed by atoms with van der Waals surface area (Å²) < 4.78 is 17.1. The summed E-state index contributed by atoms with van der Waals surface area (Å²) >= 11 is 0. The summed E-state index contributed by atoms with van der Waals surface area (Å²) in [5.74, 6) is -2.44. The second kappa shape index (κ2) is 9.30. The molecule has 0 aromatic heterocycles. The van der Waals surface area contributed by atoms with Crippen molar-refractivity contribution in [3.05, 3.63) is 51.6 Å². The van der Waals surface area contributed by atoms with Crippen molar-refractivity contribution >= 4 is 11.6 Å². The zero-order chi connectivity index (χ0) is 27.7. The predicted molar refractivity (Wildman–Crippen MR) is 131 cm³/mol. The molecule has 2 aromatic carbocycles. The van der Waals surface area contributed by atoms with Crippen molar-refractivity contribution in [3.63, 3.8) is 0 Å². The molecule has 3 aliphatic rings. The first-order chi connectivity index (χ1) is 17.9. The highest BCUT2D eigenvalue weighted by atomic mass is 16.7. The van der Waals surface area contributed by atoms with Gasteiger partial charge in [-0.2, -0.15) is 0 Å². The van der Waals surface area contributed by atoms with Gasteiger partial charge in [0.1, 0.15) is 17.2 Å². The zero-order valence-electron chi connectivity index (χ0n) is 21.2. The van der Waals surface area contributed by atoms with Crippen molar-refractivity contribution in [1.82, 2.24) is 0 Å². The molecular weight excluding hydrogens is 498 g/mol. The summed E-state index contributed by atoms with van der Waals surface area (Å²) in [5.41, 5.74) is 3.37. The number of hydrogen-bond acceptors (Lipinski definition) is 11. The minimum atomic E-state index is -1.80. The van der Waals surface area contributed by atoms with Gasteiger partial charge in [0.2, 0.25) is 5.78 Å². The molecule has 0 amide bonds. The molecule has 0 bridgehead atoms. The Labute approximate surface area is 218 Å². The van der Waals surface area contributed by atoms with Gasteiger partial charge in [0, 0.05) is 42.0 Å². The number of rotatable bonds is 4. The first-order valence-electron chi connectivity index (χ1n) is 12.4. The summed E-state index contributed by atoms with van der Waals surface area (Å²) in [6.45, 7) is 3.00. The van der Waals surface area contributed by atoms with Crippen molar-refractivity contribution in [2.75, 3.05) is 7.11 Å². The molecule has 1 fully saturated rings. The Balaban J connectivity index is 1.68. The van der Waals surface area contributed by atoms with Crippen LogP contribution in [0.15, 0.2) is 18.2 Å². The number of methoxy groups -OCH3 is 1. The molecular formula is C27H31NO10. The molecule has 204 valence electrons. The summed E-state index contributed by atoms with van der Waals surface area (Å²) in [6.07, 6.45) is -5.47. The number of fused-ring (bicyclic) bond motifs is 3. The van der Waals surface area contributed by atoms with E-state index in [0.717, 1.165) is 0 Å². The third kappa shape index (κ3) is 3.89. The van der Waals surface area contributed by atoms with E-state index in [1.54, 1.807) is 6.92 Å². The Bertz CT molecular complexity index is 1310. The molecule has 38 heavy (non-hydrogen) atoms. The van der Waals surface area contributed by atoms with E-state index in [9.17, 15) is 35.1 Å². The lowest BCUT2D eigenvalue weighted by molar-refractivity contribution is -0.250. The van der Waals surface area contributed by atoms with Crippen LogP contribution in [-0.4, -0.2) is 80.5 Å². The number of phenolic OH excluding ortho intramolecular Hbond substituents is 2. The Morgan fingerprint density at radius 1 is 1.13 bits per heavy atom. The zero-order valence-corrected chi connectivity index (χ0v) is 21.2. The Kier molecular flexibility index (Phi) is 6.49. The van der Waals surface area contributed by atoms with Crippen LogP contribution in [0.2, 0.25) is 0 Å². The van der Waals surface area contributed by atoms with Gasteiger partial charge >= 0.3 is 0 Å². The standard InChI is InChI=1S/C27H31NO10/c1-10-22(30)14(28)7-17(37-10)38-16-9-27(35,11(2)29)8-13-19(16)26(34)21-20(24(13)32)23(31)12-5-4-6-15(36-3)18(12)25(21)33/h4-6,10-11,14,16-17,22,29-30,32,34-35H,7-9,28H2,1-3H3/t10?,11-,14?,16+,17+,22-,27+/m1/s1. The van der Waals surface area contributed by atoms with Crippen LogP contribution >= 0.6 is 0 Å². The van der Waals surface area contributed by atoms with Crippen LogP contribution in [-0.2, 0) is 15.9 Å². The van der Waals surface area contributed by atoms with Gasteiger partial charge in [-0.3, -0.25) is 9.59 Å². The molecule has 1 saturated heterocycles. The van der Waals surface area contributed by atoms with E-state index >= 15 is 0 Å². The first kappa shape index (κ1) is 26.5. The summed E-state index contributed by atoms with van der Waals surface area (Å²) in [6, 6.07) is 3.80. The first-order valence-corrected chi connectivity index (χ1v) is 12.4. The second-order valence-electron chi connectivity index (χ2n) is 10.3. The van der Waals surface area contributed by atoms with Gasteiger partial charge in [0.15, 0.2) is 12.1 Å². The fraction of sp³-hybridized carbons (Fsp3) is 0.481. The van der Waals surface area contributed by atoms with E-state index < -0.39 is 76.5 Å². The monoisotopic (exact) mass is 529 g/mol. The van der Waals surface area contributed by atoms with Crippen LogP contribution in [0.1, 0.15) is 75.8 Å². The maximum absolute atomic E-state index is 13.6. The van der Waals surface area contributed by atoms with Crippen LogP contribution < -0.4 is 10.5 Å². The number of aliphatic hydroxyl groups is 3. The molecule has 2 aliphatic carbocycles. The van der Waals surface area contributed by atoms with Gasteiger partial charge in [0.25, 0.3) is 0 Å². The molecule has 11 nitrogen and oxygen atoms in total. The molecule has 0 radical (unpaired) electrons. The Hall–Kier alpha value is -3.06. The molecule has 5 rings (SSSR count). The number of ether oxygens (including phenoxy) is 3. The van der Waals surface area contributed by atoms with E-state index in [0.29, 0.717) is 0 Å². The third-order valence-electron chi connectivity index (χ3n) is 7.95. The number of aromatic hydroxyl groups is 2. The fourth-order valence-corrected chi connectivity index (χ4v) is 5.74. The van der Waals surface area contributed by atoms with Gasteiger partial charge in [0.05, 0.1) is 53.8 Å². The molecule has 7 N–H and O–H groups in total. The highest BCUT2D eigenvalue weighted by molar-refractivity contribution is 6.31. The lowest BCUT2D eigenvalue weighted by Gasteiger charge is -2.43. The number of ketones is 2. The second-order valence-corrected chi connectivity index (χ2v) is 10.3. The van der Waals surface area contributed by atoms with Gasteiger partial charge < -0.3 is 45.5 Å². The number of carbonyl (C=O) groups is 2. The SMILES string of the molecule is COc1cccc2c1C(=O)c1c(O)c3c(c(O)c1C2=O)C[C@@](O)([C@@H](C)O)C[C@@H]3O[C@H]1CC(N)[C@H](O)C(C)O1. The van der Waals surface area contributed by atoms with Gasteiger partial charge in [-0.15, -0.1) is 0 Å². The lowest BCUT2D eigenvalue weighted by Crippen LogP contribution is -2.53. The van der Waals surface area contributed by atoms with Crippen LogP contribution in [0.25, 0.3) is 0 Å². The minimum absolute atomic E-state index is 0.00187. The molecule has 7 atom stereocenters. The van der Waals surface area contributed by atoms with Crippen LogP contribution in [0.5, 0.6) is 17.2 Å². The predicted octanol–water partition coefficient (Wildman–Crippen LogP) is 0.821. The molecule has 0 spiro atoms. The maximum Gasteiger partial charge on any atom is 0.202 e. The number of benzene rings is 2. The molecule has 2 aromatic rings. The van der Waals surface area contributed by atoms with Crippen molar-refractivity contribution in [1.29, 1.82) is 0 Å². The highest BCUT2D eigenvalue weighted by Crippen LogP contribution is 2.52. The average molecular weight is 530 g/mol.